The first kappa shape index (κ1) is 18.8. The van der Waals surface area contributed by atoms with E-state index in [4.69, 9.17) is 28.6 Å². The Hall–Kier alpha value is -0.930. The fraction of sp³-hybridized carbons (Fsp3) is 0.438. The summed E-state index contributed by atoms with van der Waals surface area (Å²) in [6.07, 6.45) is 0.146. The van der Waals surface area contributed by atoms with Crippen LogP contribution >= 0.6 is 46.9 Å². The number of carbonyl (C=O) groups excluding carboxylic acids is 1. The Morgan fingerprint density at radius 2 is 2.00 bits per heavy atom. The topological polar surface area (TPSA) is 47.4 Å². The molecule has 2 heterocycles. The van der Waals surface area contributed by atoms with E-state index in [1.54, 1.807) is 16.8 Å². The number of hydrogen-bond acceptors (Lipinski definition) is 6. The van der Waals surface area contributed by atoms with Crippen molar-refractivity contribution in [3.8, 4) is 5.69 Å². The molecule has 1 aromatic carbocycles. The highest BCUT2D eigenvalue weighted by Crippen LogP contribution is 2.25. The van der Waals surface area contributed by atoms with E-state index in [1.807, 2.05) is 30.9 Å². The lowest BCUT2D eigenvalue weighted by molar-refractivity contribution is -0.140. The summed E-state index contributed by atoms with van der Waals surface area (Å²) in [4.78, 5) is 14.3. The molecule has 0 radical (unpaired) electrons. The average molecular weight is 416 g/mol. The first-order chi connectivity index (χ1) is 11.9. The van der Waals surface area contributed by atoms with Gasteiger partial charge in [-0.25, -0.2) is 4.68 Å². The number of morpholine rings is 1. The highest BCUT2D eigenvalue weighted by Gasteiger charge is 2.25. The number of thioether (sulfide) groups is 1. The fourth-order valence-electron chi connectivity index (χ4n) is 2.66. The van der Waals surface area contributed by atoms with E-state index in [2.05, 4.69) is 5.10 Å². The average Bonchev–Trinajstić information content (AvgIpc) is 2.93. The maximum absolute atomic E-state index is 12.4. The van der Waals surface area contributed by atoms with Crippen molar-refractivity contribution in [2.45, 2.75) is 30.4 Å². The Balaban J connectivity index is 1.64. The van der Waals surface area contributed by atoms with Crippen molar-refractivity contribution >= 4 is 52.8 Å². The van der Waals surface area contributed by atoms with Crippen molar-refractivity contribution in [3.63, 3.8) is 0 Å². The lowest BCUT2D eigenvalue weighted by Gasteiger charge is -2.35. The lowest BCUT2D eigenvalue weighted by atomic mass is 10.2. The van der Waals surface area contributed by atoms with Crippen molar-refractivity contribution in [1.29, 1.82) is 0 Å². The van der Waals surface area contributed by atoms with Crippen LogP contribution in [-0.2, 0) is 9.53 Å². The predicted molar refractivity (Wildman–Crippen MR) is 105 cm³/mol. The van der Waals surface area contributed by atoms with E-state index in [0.29, 0.717) is 27.8 Å². The van der Waals surface area contributed by atoms with E-state index in [-0.39, 0.29) is 18.1 Å². The van der Waals surface area contributed by atoms with Gasteiger partial charge in [0.25, 0.3) is 0 Å². The first-order valence-corrected chi connectivity index (χ1v) is 10.4. The zero-order chi connectivity index (χ0) is 18.0. The molecular formula is C16H18ClN3O2S3. The molecule has 1 aliphatic heterocycles. The Bertz CT molecular complexity index is 796. The molecule has 0 unspecified atom stereocenters. The van der Waals surface area contributed by atoms with Crippen LogP contribution in [0.3, 0.4) is 0 Å². The van der Waals surface area contributed by atoms with Crippen LogP contribution < -0.4 is 0 Å². The molecule has 25 heavy (non-hydrogen) atoms. The summed E-state index contributed by atoms with van der Waals surface area (Å²) in [6, 6.07) is 7.34. The standard InChI is InChI=1S/C16H18ClN3O2S3/c1-10-7-19(8-11(2)22-10)14(21)9-24-15-18-20(16(23)25-15)13-5-3-12(17)4-6-13/h3-6,10-11H,7-9H2,1-2H3/t10-,11+. The molecule has 134 valence electrons. The van der Waals surface area contributed by atoms with Gasteiger partial charge in [0.15, 0.2) is 8.29 Å². The molecule has 3 rings (SSSR count). The maximum atomic E-state index is 12.4. The van der Waals surface area contributed by atoms with Crippen LogP contribution in [0.2, 0.25) is 5.02 Å². The second-order valence-corrected chi connectivity index (χ2v) is 9.15. The molecule has 2 atom stereocenters. The van der Waals surface area contributed by atoms with E-state index in [1.165, 1.54) is 23.1 Å². The molecule has 0 spiro atoms. The monoisotopic (exact) mass is 415 g/mol. The summed E-state index contributed by atoms with van der Waals surface area (Å²) >= 11 is 14.1. The van der Waals surface area contributed by atoms with Crippen molar-refractivity contribution in [3.05, 3.63) is 33.2 Å². The van der Waals surface area contributed by atoms with Gasteiger partial charge in [-0.05, 0) is 50.3 Å². The summed E-state index contributed by atoms with van der Waals surface area (Å²) in [5, 5.41) is 5.18. The minimum atomic E-state index is 0.0730. The van der Waals surface area contributed by atoms with Crippen LogP contribution in [0.5, 0.6) is 0 Å². The zero-order valence-electron chi connectivity index (χ0n) is 13.8. The lowest BCUT2D eigenvalue weighted by Crippen LogP contribution is -2.48. The molecule has 5 nitrogen and oxygen atoms in total. The number of carbonyl (C=O) groups is 1. The number of rotatable bonds is 4. The Morgan fingerprint density at radius 1 is 1.36 bits per heavy atom. The first-order valence-electron chi connectivity index (χ1n) is 7.84. The summed E-state index contributed by atoms with van der Waals surface area (Å²) in [6.45, 7) is 5.25. The number of nitrogens with zero attached hydrogens (tertiary/aromatic N) is 3. The number of halogens is 1. The molecule has 0 aliphatic carbocycles. The van der Waals surface area contributed by atoms with Crippen molar-refractivity contribution in [1.82, 2.24) is 14.7 Å². The van der Waals surface area contributed by atoms with Gasteiger partial charge in [-0.3, -0.25) is 4.79 Å². The van der Waals surface area contributed by atoms with Crippen LogP contribution in [0.4, 0.5) is 0 Å². The number of benzene rings is 1. The molecular weight excluding hydrogens is 398 g/mol. The SMILES string of the molecule is C[C@@H]1CN(C(=O)CSc2nn(-c3ccc(Cl)cc3)c(=S)s2)C[C@H](C)O1. The van der Waals surface area contributed by atoms with Gasteiger partial charge in [0.05, 0.1) is 23.6 Å². The molecule has 1 fully saturated rings. The van der Waals surface area contributed by atoms with Crippen LogP contribution in [0, 0.1) is 3.95 Å². The van der Waals surface area contributed by atoms with Crippen LogP contribution in [0.25, 0.3) is 5.69 Å². The number of amides is 1. The number of ether oxygens (including phenoxy) is 1. The predicted octanol–water partition coefficient (Wildman–Crippen LogP) is 4.04. The summed E-state index contributed by atoms with van der Waals surface area (Å²) in [5.41, 5.74) is 0.861. The van der Waals surface area contributed by atoms with Crippen LogP contribution in [0.1, 0.15) is 13.8 Å². The maximum Gasteiger partial charge on any atom is 0.233 e. The number of hydrogen-bond donors (Lipinski definition) is 0. The second kappa shape index (κ2) is 8.18. The molecule has 0 bridgehead atoms. The largest absolute Gasteiger partial charge is 0.372 e. The van der Waals surface area contributed by atoms with Crippen molar-refractivity contribution in [2.24, 2.45) is 0 Å². The molecule has 1 amide bonds. The van der Waals surface area contributed by atoms with E-state index < -0.39 is 0 Å². The van der Waals surface area contributed by atoms with Crippen LogP contribution in [0.15, 0.2) is 28.6 Å². The highest BCUT2D eigenvalue weighted by molar-refractivity contribution is 8.01. The zero-order valence-corrected chi connectivity index (χ0v) is 17.1. The summed E-state index contributed by atoms with van der Waals surface area (Å²) in [7, 11) is 0. The van der Waals surface area contributed by atoms with Gasteiger partial charge in [0.1, 0.15) is 0 Å². The third-order valence-electron chi connectivity index (χ3n) is 3.69. The Kier molecular flexibility index (Phi) is 6.17. The highest BCUT2D eigenvalue weighted by atomic mass is 35.5. The molecule has 1 aromatic heterocycles. The third-order valence-corrected chi connectivity index (χ3v) is 6.29. The van der Waals surface area contributed by atoms with E-state index in [0.717, 1.165) is 10.0 Å². The molecule has 1 saturated heterocycles. The quantitative estimate of drug-likeness (QED) is 0.557. The Morgan fingerprint density at radius 3 is 2.64 bits per heavy atom. The van der Waals surface area contributed by atoms with Crippen molar-refractivity contribution < 1.29 is 9.53 Å². The molecule has 0 N–H and O–H groups in total. The van der Waals surface area contributed by atoms with Crippen LogP contribution in [-0.4, -0.2) is 51.6 Å². The van der Waals surface area contributed by atoms with Gasteiger partial charge in [-0.2, -0.15) is 0 Å². The summed E-state index contributed by atoms with van der Waals surface area (Å²) in [5.74, 6) is 0.452. The van der Waals surface area contributed by atoms with E-state index in [9.17, 15) is 4.79 Å². The number of aromatic nitrogens is 2. The van der Waals surface area contributed by atoms with Gasteiger partial charge in [-0.15, -0.1) is 5.10 Å². The second-order valence-electron chi connectivity index (χ2n) is 5.87. The van der Waals surface area contributed by atoms with Gasteiger partial charge < -0.3 is 9.64 Å². The van der Waals surface area contributed by atoms with Gasteiger partial charge in [0.2, 0.25) is 5.91 Å². The molecule has 0 saturated carbocycles. The van der Waals surface area contributed by atoms with Crippen molar-refractivity contribution in [2.75, 3.05) is 18.8 Å². The normalized spacial score (nSPS) is 20.7. The van der Waals surface area contributed by atoms with Gasteiger partial charge in [0, 0.05) is 18.1 Å². The Labute approximate surface area is 164 Å². The molecule has 1 aliphatic rings. The minimum absolute atomic E-state index is 0.0730. The summed E-state index contributed by atoms with van der Waals surface area (Å²) < 4.78 is 8.79. The van der Waals surface area contributed by atoms with E-state index >= 15 is 0 Å². The van der Waals surface area contributed by atoms with Gasteiger partial charge in [-0.1, -0.05) is 34.7 Å². The molecule has 9 heteroatoms. The smallest absolute Gasteiger partial charge is 0.233 e. The molecule has 2 aromatic rings. The minimum Gasteiger partial charge on any atom is -0.372 e. The fourth-order valence-corrected chi connectivity index (χ4v) is 5.05. The third kappa shape index (κ3) is 4.83. The van der Waals surface area contributed by atoms with Gasteiger partial charge >= 0.3 is 0 Å².